The zero-order chi connectivity index (χ0) is 16.0. The lowest BCUT2D eigenvalue weighted by molar-refractivity contribution is -0.114. The number of nitrogens with one attached hydrogen (secondary N) is 1. The number of anilines is 1. The van der Waals surface area contributed by atoms with E-state index < -0.39 is 10.7 Å². The number of carbonyl (C=O) groups excluding carboxylic acids is 1. The van der Waals surface area contributed by atoms with Crippen LogP contribution in [0.25, 0.3) is 11.1 Å². The minimum atomic E-state index is -1.17. The summed E-state index contributed by atoms with van der Waals surface area (Å²) in [7, 11) is 0. The monoisotopic (exact) mass is 393 g/mol. The molecule has 7 heteroatoms. The molecule has 3 rings (SSSR count). The van der Waals surface area contributed by atoms with Crippen molar-refractivity contribution in [2.45, 2.75) is 11.3 Å². The second-order valence-corrected chi connectivity index (χ2v) is 7.25. The van der Waals surface area contributed by atoms with Gasteiger partial charge in [0.2, 0.25) is 0 Å². The van der Waals surface area contributed by atoms with Gasteiger partial charge in [-0.15, -0.1) is 0 Å². The maximum absolute atomic E-state index is 11.8. The summed E-state index contributed by atoms with van der Waals surface area (Å²) in [5.74, 6) is -0.522. The summed E-state index contributed by atoms with van der Waals surface area (Å²) in [6.45, 7) is 0. The molecule has 0 heterocycles. The molecule has 0 radical (unpaired) electrons. The van der Waals surface area contributed by atoms with E-state index in [2.05, 4.69) is 5.32 Å². The van der Waals surface area contributed by atoms with Gasteiger partial charge in [0, 0.05) is 21.2 Å². The number of rotatable bonds is 2. The van der Waals surface area contributed by atoms with E-state index in [4.69, 9.17) is 58.0 Å². The standard InChI is InChI=1S/C15H8Cl5NO/c16-8-2-6-1-7-3-9(17)5-11(21-15(22)14(19)20)13(7)12(6)10(18)4-8/h2-5,14H,1H2,(H,21,22). The second-order valence-electron chi connectivity index (χ2n) is 4.88. The summed E-state index contributed by atoms with van der Waals surface area (Å²) in [4.78, 5) is 10.6. The first-order valence-corrected chi connectivity index (χ1v) is 8.27. The van der Waals surface area contributed by atoms with E-state index in [-0.39, 0.29) is 0 Å². The zero-order valence-electron chi connectivity index (χ0n) is 10.9. The van der Waals surface area contributed by atoms with Crippen LogP contribution >= 0.6 is 58.0 Å². The third-order valence-corrected chi connectivity index (χ3v) is 4.54. The number of fused-ring (bicyclic) bond motifs is 3. The van der Waals surface area contributed by atoms with Crippen molar-refractivity contribution < 1.29 is 4.79 Å². The molecule has 0 atom stereocenters. The molecule has 1 aliphatic carbocycles. The molecule has 2 aromatic carbocycles. The molecule has 0 aromatic heterocycles. The lowest BCUT2D eigenvalue weighted by Gasteiger charge is -2.13. The van der Waals surface area contributed by atoms with Crippen molar-refractivity contribution in [1.29, 1.82) is 0 Å². The minimum Gasteiger partial charge on any atom is -0.323 e. The quantitative estimate of drug-likeness (QED) is 0.533. The van der Waals surface area contributed by atoms with E-state index in [1.807, 2.05) is 12.1 Å². The Hall–Kier alpha value is -0.640. The van der Waals surface area contributed by atoms with Gasteiger partial charge in [0.05, 0.1) is 10.7 Å². The number of halogens is 5. The van der Waals surface area contributed by atoms with Crippen molar-refractivity contribution >= 4 is 69.6 Å². The fourth-order valence-electron chi connectivity index (χ4n) is 2.64. The van der Waals surface area contributed by atoms with E-state index in [9.17, 15) is 4.79 Å². The first-order chi connectivity index (χ1) is 10.4. The highest BCUT2D eigenvalue weighted by atomic mass is 35.5. The van der Waals surface area contributed by atoms with Gasteiger partial charge in [-0.1, -0.05) is 58.0 Å². The van der Waals surface area contributed by atoms with E-state index in [1.165, 1.54) is 0 Å². The van der Waals surface area contributed by atoms with Gasteiger partial charge < -0.3 is 5.32 Å². The molecule has 114 valence electrons. The van der Waals surface area contributed by atoms with E-state index in [0.717, 1.165) is 22.3 Å². The zero-order valence-corrected chi connectivity index (χ0v) is 14.7. The Labute approximate surface area is 152 Å². The van der Waals surface area contributed by atoms with Crippen LogP contribution in [-0.4, -0.2) is 10.7 Å². The van der Waals surface area contributed by atoms with Crippen LogP contribution in [0.4, 0.5) is 5.69 Å². The Kier molecular flexibility index (Phi) is 4.50. The molecule has 2 aromatic rings. The summed E-state index contributed by atoms with van der Waals surface area (Å²) in [6, 6.07) is 7.02. The van der Waals surface area contributed by atoms with Gasteiger partial charge in [-0.25, -0.2) is 0 Å². The molecule has 0 spiro atoms. The molecular formula is C15H8Cl5NO. The molecule has 1 aliphatic rings. The molecule has 0 fully saturated rings. The van der Waals surface area contributed by atoms with Gasteiger partial charge >= 0.3 is 0 Å². The lowest BCUT2D eigenvalue weighted by atomic mass is 10.0. The number of amides is 1. The number of carbonyl (C=O) groups is 1. The maximum atomic E-state index is 11.8. The Morgan fingerprint density at radius 2 is 1.55 bits per heavy atom. The Morgan fingerprint density at radius 3 is 2.18 bits per heavy atom. The predicted molar refractivity (Wildman–Crippen MR) is 93.8 cm³/mol. The topological polar surface area (TPSA) is 29.1 Å². The van der Waals surface area contributed by atoms with Crippen molar-refractivity contribution in [1.82, 2.24) is 0 Å². The van der Waals surface area contributed by atoms with Crippen LogP contribution in [-0.2, 0) is 11.2 Å². The summed E-state index contributed by atoms with van der Waals surface area (Å²) in [6.07, 6.45) is 0.638. The van der Waals surface area contributed by atoms with Crippen LogP contribution in [0.5, 0.6) is 0 Å². The van der Waals surface area contributed by atoms with Gasteiger partial charge in [-0.2, -0.15) is 0 Å². The van der Waals surface area contributed by atoms with Crippen LogP contribution in [0.2, 0.25) is 15.1 Å². The fraction of sp³-hybridized carbons (Fsp3) is 0.133. The lowest BCUT2D eigenvalue weighted by Crippen LogP contribution is -2.19. The Bertz CT molecular complexity index is 788. The second kappa shape index (κ2) is 6.10. The van der Waals surface area contributed by atoms with Crippen LogP contribution < -0.4 is 5.32 Å². The molecular weight excluding hydrogens is 387 g/mol. The van der Waals surface area contributed by atoms with Crippen molar-refractivity contribution in [2.24, 2.45) is 0 Å². The molecule has 2 nitrogen and oxygen atoms in total. The van der Waals surface area contributed by atoms with Crippen molar-refractivity contribution in [2.75, 3.05) is 5.32 Å². The van der Waals surface area contributed by atoms with Gasteiger partial charge in [0.25, 0.3) is 5.91 Å². The first-order valence-electron chi connectivity index (χ1n) is 6.26. The van der Waals surface area contributed by atoms with Crippen LogP contribution in [0.1, 0.15) is 11.1 Å². The van der Waals surface area contributed by atoms with Gasteiger partial charge in [0.15, 0.2) is 4.84 Å². The minimum absolute atomic E-state index is 0.504. The SMILES string of the molecule is O=C(Nc1cc(Cl)cc2c1-c1c(Cl)cc(Cl)cc1C2)C(Cl)Cl. The van der Waals surface area contributed by atoms with Crippen LogP contribution in [0, 0.1) is 0 Å². The Balaban J connectivity index is 2.18. The normalized spacial score (nSPS) is 12.3. The summed E-state index contributed by atoms with van der Waals surface area (Å²) in [5, 5.41) is 4.28. The predicted octanol–water partition coefficient (Wildman–Crippen LogP) is 5.96. The van der Waals surface area contributed by atoms with E-state index >= 15 is 0 Å². The number of benzene rings is 2. The Morgan fingerprint density at radius 1 is 0.955 bits per heavy atom. The summed E-state index contributed by atoms with van der Waals surface area (Å²) in [5.41, 5.74) is 4.14. The number of hydrogen-bond acceptors (Lipinski definition) is 1. The largest absolute Gasteiger partial charge is 0.323 e. The highest BCUT2D eigenvalue weighted by Crippen LogP contribution is 2.47. The molecule has 22 heavy (non-hydrogen) atoms. The molecule has 0 saturated heterocycles. The summed E-state index contributed by atoms with van der Waals surface area (Å²) < 4.78 is 0. The van der Waals surface area contributed by atoms with Crippen LogP contribution in [0.15, 0.2) is 24.3 Å². The highest BCUT2D eigenvalue weighted by molar-refractivity contribution is 6.54. The molecule has 0 aliphatic heterocycles. The van der Waals surface area contributed by atoms with Gasteiger partial charge in [-0.3, -0.25) is 4.79 Å². The van der Waals surface area contributed by atoms with Gasteiger partial charge in [-0.05, 0) is 41.8 Å². The van der Waals surface area contributed by atoms with Crippen LogP contribution in [0.3, 0.4) is 0 Å². The molecule has 0 saturated carbocycles. The number of hydrogen-bond donors (Lipinski definition) is 1. The average molecular weight is 396 g/mol. The van der Waals surface area contributed by atoms with Crippen molar-refractivity contribution in [3.05, 3.63) is 50.5 Å². The molecule has 0 bridgehead atoms. The van der Waals surface area contributed by atoms with Gasteiger partial charge in [0.1, 0.15) is 0 Å². The van der Waals surface area contributed by atoms with E-state index in [1.54, 1.807) is 12.1 Å². The van der Waals surface area contributed by atoms with Crippen molar-refractivity contribution in [3.63, 3.8) is 0 Å². The number of alkyl halides is 2. The fourth-order valence-corrected chi connectivity index (χ4v) is 3.62. The smallest absolute Gasteiger partial charge is 0.257 e. The third kappa shape index (κ3) is 2.91. The first kappa shape index (κ1) is 16.2. The molecule has 1 N–H and O–H groups in total. The third-order valence-electron chi connectivity index (χ3n) is 3.41. The molecule has 1 amide bonds. The highest BCUT2D eigenvalue weighted by Gasteiger charge is 2.26. The summed E-state index contributed by atoms with van der Waals surface area (Å²) >= 11 is 29.7. The van der Waals surface area contributed by atoms with E-state index in [0.29, 0.717) is 27.2 Å². The maximum Gasteiger partial charge on any atom is 0.257 e. The average Bonchev–Trinajstić information content (AvgIpc) is 2.76. The van der Waals surface area contributed by atoms with Crippen molar-refractivity contribution in [3.8, 4) is 11.1 Å². The molecule has 0 unspecified atom stereocenters.